The van der Waals surface area contributed by atoms with E-state index in [1.165, 1.54) is 25.3 Å². The number of anilines is 1. The van der Waals surface area contributed by atoms with Crippen LogP contribution in [0.2, 0.25) is 0 Å². The van der Waals surface area contributed by atoms with E-state index in [4.69, 9.17) is 9.47 Å². The van der Waals surface area contributed by atoms with E-state index in [1.807, 2.05) is 32.9 Å². The number of carbonyl (C=O) groups is 3. The van der Waals surface area contributed by atoms with Crippen molar-refractivity contribution in [1.29, 1.82) is 0 Å². The van der Waals surface area contributed by atoms with Crippen molar-refractivity contribution in [1.82, 2.24) is 5.32 Å². The highest BCUT2D eigenvalue weighted by atomic mass is 19.1. The molecule has 0 aromatic heterocycles. The van der Waals surface area contributed by atoms with E-state index >= 15 is 0 Å². The first-order valence-electron chi connectivity index (χ1n) is 9.32. The van der Waals surface area contributed by atoms with Gasteiger partial charge in [0.15, 0.2) is 18.2 Å². The zero-order chi connectivity index (χ0) is 22.3. The van der Waals surface area contributed by atoms with Crippen LogP contribution in [0.25, 0.3) is 0 Å². The Balaban J connectivity index is 1.76. The van der Waals surface area contributed by atoms with Crippen molar-refractivity contribution < 1.29 is 28.2 Å². The molecule has 160 valence electrons. The van der Waals surface area contributed by atoms with Crippen LogP contribution in [0.4, 0.5) is 10.1 Å². The van der Waals surface area contributed by atoms with E-state index in [0.717, 1.165) is 16.7 Å². The standard InChI is InChI=1S/C22H25FN2O5/c1-13-7-14(2)22(15(3)8-13)25-19(26)11-24-20(27)12-30-21(28)10-16-5-6-18(29-4)17(23)9-16/h5-9H,10-12H2,1-4H3,(H,24,27)(H,25,26). The Bertz CT molecular complexity index is 936. The number of ether oxygens (including phenoxy) is 2. The monoisotopic (exact) mass is 416 g/mol. The van der Waals surface area contributed by atoms with E-state index in [9.17, 15) is 18.8 Å². The fourth-order valence-corrected chi connectivity index (χ4v) is 2.97. The van der Waals surface area contributed by atoms with E-state index in [-0.39, 0.29) is 18.7 Å². The Kier molecular flexibility index (Phi) is 7.91. The summed E-state index contributed by atoms with van der Waals surface area (Å²) in [5.74, 6) is -2.22. The number of hydrogen-bond acceptors (Lipinski definition) is 5. The maximum absolute atomic E-state index is 13.6. The molecule has 0 saturated heterocycles. The van der Waals surface area contributed by atoms with Gasteiger partial charge < -0.3 is 20.1 Å². The summed E-state index contributed by atoms with van der Waals surface area (Å²) >= 11 is 0. The summed E-state index contributed by atoms with van der Waals surface area (Å²) in [6, 6.07) is 8.01. The van der Waals surface area contributed by atoms with Crippen molar-refractivity contribution in [2.24, 2.45) is 0 Å². The third kappa shape index (κ3) is 6.58. The van der Waals surface area contributed by atoms with E-state index in [0.29, 0.717) is 11.3 Å². The van der Waals surface area contributed by atoms with Crippen molar-refractivity contribution in [2.45, 2.75) is 27.2 Å². The Hall–Kier alpha value is -3.42. The van der Waals surface area contributed by atoms with Gasteiger partial charge in [-0.25, -0.2) is 4.39 Å². The lowest BCUT2D eigenvalue weighted by Crippen LogP contribution is -2.36. The van der Waals surface area contributed by atoms with Crippen LogP contribution in [0.5, 0.6) is 5.75 Å². The average Bonchev–Trinajstić information content (AvgIpc) is 2.67. The minimum Gasteiger partial charge on any atom is -0.494 e. The first kappa shape index (κ1) is 22.9. The number of aryl methyl sites for hydroxylation is 3. The van der Waals surface area contributed by atoms with Crippen molar-refractivity contribution in [3.63, 3.8) is 0 Å². The van der Waals surface area contributed by atoms with Crippen molar-refractivity contribution in [3.8, 4) is 5.75 Å². The maximum atomic E-state index is 13.6. The Morgan fingerprint density at radius 2 is 1.67 bits per heavy atom. The number of amides is 2. The number of rotatable bonds is 8. The molecule has 0 spiro atoms. The smallest absolute Gasteiger partial charge is 0.310 e. The molecule has 2 N–H and O–H groups in total. The van der Waals surface area contributed by atoms with Crippen molar-refractivity contribution >= 4 is 23.5 Å². The fourth-order valence-electron chi connectivity index (χ4n) is 2.97. The van der Waals surface area contributed by atoms with Crippen LogP contribution in [-0.4, -0.2) is 38.0 Å². The quantitative estimate of drug-likeness (QED) is 0.645. The summed E-state index contributed by atoms with van der Waals surface area (Å²) in [7, 11) is 1.34. The van der Waals surface area contributed by atoms with Crippen LogP contribution in [0.1, 0.15) is 22.3 Å². The highest BCUT2D eigenvalue weighted by molar-refractivity contribution is 5.96. The third-order valence-corrected chi connectivity index (χ3v) is 4.32. The van der Waals surface area contributed by atoms with E-state index in [2.05, 4.69) is 10.6 Å². The summed E-state index contributed by atoms with van der Waals surface area (Å²) in [4.78, 5) is 35.7. The predicted octanol–water partition coefficient (Wildman–Crippen LogP) is 2.60. The minimum atomic E-state index is -0.690. The summed E-state index contributed by atoms with van der Waals surface area (Å²) in [5.41, 5.74) is 4.04. The molecule has 0 unspecified atom stereocenters. The molecule has 7 nitrogen and oxygen atoms in total. The molecule has 2 rings (SSSR count). The van der Waals surface area contributed by atoms with Crippen LogP contribution in [-0.2, 0) is 25.5 Å². The van der Waals surface area contributed by atoms with Crippen molar-refractivity contribution in [3.05, 3.63) is 58.4 Å². The first-order chi connectivity index (χ1) is 14.2. The van der Waals surface area contributed by atoms with Crippen LogP contribution in [0.15, 0.2) is 30.3 Å². The molecule has 0 saturated carbocycles. The molecule has 0 radical (unpaired) electrons. The Labute approximate surface area is 174 Å². The van der Waals surface area contributed by atoms with Crippen LogP contribution < -0.4 is 15.4 Å². The van der Waals surface area contributed by atoms with Gasteiger partial charge >= 0.3 is 5.97 Å². The molecule has 0 bridgehead atoms. The van der Waals surface area contributed by atoms with Gasteiger partial charge in [-0.15, -0.1) is 0 Å². The highest BCUT2D eigenvalue weighted by Gasteiger charge is 2.13. The maximum Gasteiger partial charge on any atom is 0.310 e. The number of benzene rings is 2. The number of halogens is 1. The lowest BCUT2D eigenvalue weighted by Gasteiger charge is -2.13. The van der Waals surface area contributed by atoms with E-state index in [1.54, 1.807) is 0 Å². The molecule has 0 aliphatic rings. The largest absolute Gasteiger partial charge is 0.494 e. The number of nitrogens with one attached hydrogen (secondary N) is 2. The molecule has 8 heteroatoms. The van der Waals surface area contributed by atoms with Gasteiger partial charge in [-0.1, -0.05) is 23.8 Å². The number of methoxy groups -OCH3 is 1. The SMILES string of the molecule is COc1ccc(CC(=O)OCC(=O)NCC(=O)Nc2c(C)cc(C)cc2C)cc1F. The topological polar surface area (TPSA) is 93.7 Å². The van der Waals surface area contributed by atoms with Gasteiger partial charge in [0.05, 0.1) is 20.1 Å². The van der Waals surface area contributed by atoms with Gasteiger partial charge in [0.25, 0.3) is 5.91 Å². The normalized spacial score (nSPS) is 10.3. The lowest BCUT2D eigenvalue weighted by atomic mass is 10.1. The minimum absolute atomic E-state index is 0.0702. The van der Waals surface area contributed by atoms with Crippen molar-refractivity contribution in [2.75, 3.05) is 25.6 Å². The molecule has 0 aliphatic heterocycles. The number of hydrogen-bond donors (Lipinski definition) is 2. The van der Waals surface area contributed by atoms with Crippen LogP contribution >= 0.6 is 0 Å². The Morgan fingerprint density at radius 1 is 1.00 bits per heavy atom. The fraction of sp³-hybridized carbons (Fsp3) is 0.318. The molecule has 0 heterocycles. The molecular weight excluding hydrogens is 391 g/mol. The zero-order valence-electron chi connectivity index (χ0n) is 17.4. The summed E-state index contributed by atoms with van der Waals surface area (Å²) in [6.45, 7) is 4.96. The average molecular weight is 416 g/mol. The summed E-state index contributed by atoms with van der Waals surface area (Å²) in [5, 5.41) is 5.16. The number of esters is 1. The molecule has 0 atom stereocenters. The van der Waals surface area contributed by atoms with Gasteiger partial charge in [0.1, 0.15) is 0 Å². The molecule has 2 amide bonds. The molecular formula is C22H25FN2O5. The van der Waals surface area contributed by atoms with Crippen LogP contribution in [0.3, 0.4) is 0 Å². The third-order valence-electron chi connectivity index (χ3n) is 4.32. The molecule has 2 aromatic carbocycles. The molecule has 0 aliphatic carbocycles. The second-order valence-electron chi connectivity index (χ2n) is 6.90. The van der Waals surface area contributed by atoms with Gasteiger partial charge in [0, 0.05) is 5.69 Å². The molecule has 2 aromatic rings. The summed E-state index contributed by atoms with van der Waals surface area (Å²) < 4.78 is 23.3. The second kappa shape index (κ2) is 10.4. The van der Waals surface area contributed by atoms with Gasteiger partial charge in [-0.05, 0) is 49.6 Å². The molecule has 0 fully saturated rings. The lowest BCUT2D eigenvalue weighted by molar-refractivity contribution is -0.147. The number of carbonyl (C=O) groups excluding carboxylic acids is 3. The van der Waals surface area contributed by atoms with E-state index < -0.39 is 30.2 Å². The zero-order valence-corrected chi connectivity index (χ0v) is 17.4. The first-order valence-corrected chi connectivity index (χ1v) is 9.32. The van der Waals surface area contributed by atoms with Crippen LogP contribution in [0, 0.1) is 26.6 Å². The second-order valence-corrected chi connectivity index (χ2v) is 6.90. The highest BCUT2D eigenvalue weighted by Crippen LogP contribution is 2.21. The van der Waals surface area contributed by atoms with Gasteiger partial charge in [-0.2, -0.15) is 0 Å². The van der Waals surface area contributed by atoms with Gasteiger partial charge in [-0.3, -0.25) is 14.4 Å². The summed E-state index contributed by atoms with van der Waals surface area (Å²) in [6.07, 6.45) is -0.194. The molecule has 30 heavy (non-hydrogen) atoms. The van der Waals surface area contributed by atoms with Gasteiger partial charge in [0.2, 0.25) is 5.91 Å². The Morgan fingerprint density at radius 3 is 2.27 bits per heavy atom. The predicted molar refractivity (Wildman–Crippen MR) is 110 cm³/mol.